The van der Waals surface area contributed by atoms with Crippen LogP contribution in [0.2, 0.25) is 0 Å². The first-order chi connectivity index (χ1) is 17.4. The number of anilines is 2. The Morgan fingerprint density at radius 2 is 1.78 bits per heavy atom. The molecule has 2 aliphatic rings. The van der Waals surface area contributed by atoms with Gasteiger partial charge in [0.05, 0.1) is 24.8 Å². The second-order valence-electron chi connectivity index (χ2n) is 9.51. The molecule has 8 heteroatoms. The fourth-order valence-electron chi connectivity index (χ4n) is 5.58. The van der Waals surface area contributed by atoms with Crippen LogP contribution in [0.3, 0.4) is 0 Å². The number of carbonyl (C=O) groups is 1. The monoisotopic (exact) mass is 500 g/mol. The normalized spacial score (nSPS) is 22.6. The number of methoxy groups -OCH3 is 1. The Balaban J connectivity index is 1.36. The van der Waals surface area contributed by atoms with Gasteiger partial charge < -0.3 is 29.1 Å². The van der Waals surface area contributed by atoms with E-state index in [9.17, 15) is 14.3 Å². The van der Waals surface area contributed by atoms with Crippen LogP contribution in [0, 0.1) is 11.7 Å². The SMILES string of the molecule is CCOc1ccc(F)c(N2CCC(Oc3ccc(N4C[C@H](OC)[C@@H](CC)[C@@H]4CC(=O)O)cc3)CC2)c1. The first-order valence-electron chi connectivity index (χ1n) is 12.9. The van der Waals surface area contributed by atoms with Crippen LogP contribution in [-0.4, -0.2) is 62.7 Å². The maximum atomic E-state index is 14.4. The van der Waals surface area contributed by atoms with Crippen molar-refractivity contribution in [1.82, 2.24) is 0 Å². The van der Waals surface area contributed by atoms with Crippen LogP contribution < -0.4 is 19.3 Å². The molecule has 7 nitrogen and oxygen atoms in total. The molecule has 0 amide bonds. The van der Waals surface area contributed by atoms with Crippen molar-refractivity contribution in [2.45, 2.75) is 57.8 Å². The number of carboxylic acid groups (broad SMARTS) is 1. The minimum absolute atomic E-state index is 0.0135. The van der Waals surface area contributed by atoms with E-state index in [-0.39, 0.29) is 36.4 Å². The summed E-state index contributed by atoms with van der Waals surface area (Å²) in [6, 6.07) is 12.7. The number of aliphatic carboxylic acids is 1. The average molecular weight is 501 g/mol. The molecule has 0 unspecified atom stereocenters. The van der Waals surface area contributed by atoms with E-state index in [0.29, 0.717) is 37.7 Å². The summed E-state index contributed by atoms with van der Waals surface area (Å²) in [5.74, 6) is 0.601. The molecule has 0 spiro atoms. The topological polar surface area (TPSA) is 71.5 Å². The second kappa shape index (κ2) is 11.8. The number of ether oxygens (including phenoxy) is 3. The fraction of sp³-hybridized carbons (Fsp3) is 0.536. The van der Waals surface area contributed by atoms with E-state index in [1.54, 1.807) is 19.2 Å². The first kappa shape index (κ1) is 26.1. The number of rotatable bonds is 10. The molecule has 0 aliphatic carbocycles. The van der Waals surface area contributed by atoms with Crippen LogP contribution in [0.15, 0.2) is 42.5 Å². The van der Waals surface area contributed by atoms with Gasteiger partial charge in [-0.3, -0.25) is 4.79 Å². The summed E-state index contributed by atoms with van der Waals surface area (Å²) in [7, 11) is 1.70. The molecular formula is C28H37FN2O5. The van der Waals surface area contributed by atoms with Gasteiger partial charge in [-0.15, -0.1) is 0 Å². The van der Waals surface area contributed by atoms with Gasteiger partial charge in [-0.1, -0.05) is 6.92 Å². The third-order valence-electron chi connectivity index (χ3n) is 7.39. The molecule has 0 radical (unpaired) electrons. The van der Waals surface area contributed by atoms with Gasteiger partial charge in [0.15, 0.2) is 0 Å². The van der Waals surface area contributed by atoms with E-state index in [1.165, 1.54) is 6.07 Å². The molecule has 36 heavy (non-hydrogen) atoms. The first-order valence-corrected chi connectivity index (χ1v) is 12.9. The Kier molecular flexibility index (Phi) is 8.56. The maximum absolute atomic E-state index is 14.4. The summed E-state index contributed by atoms with van der Waals surface area (Å²) in [6.07, 6.45) is 2.61. The molecule has 3 atom stereocenters. The van der Waals surface area contributed by atoms with Crippen molar-refractivity contribution in [3.05, 3.63) is 48.3 Å². The van der Waals surface area contributed by atoms with Crippen molar-refractivity contribution in [3.8, 4) is 11.5 Å². The molecule has 2 aromatic rings. The number of benzene rings is 2. The Morgan fingerprint density at radius 1 is 1.08 bits per heavy atom. The zero-order valence-corrected chi connectivity index (χ0v) is 21.4. The minimum Gasteiger partial charge on any atom is -0.494 e. The fourth-order valence-corrected chi connectivity index (χ4v) is 5.58. The quantitative estimate of drug-likeness (QED) is 0.494. The van der Waals surface area contributed by atoms with Crippen LogP contribution in [0.25, 0.3) is 0 Å². The van der Waals surface area contributed by atoms with E-state index < -0.39 is 5.97 Å². The van der Waals surface area contributed by atoms with Crippen molar-refractivity contribution in [3.63, 3.8) is 0 Å². The third-order valence-corrected chi connectivity index (χ3v) is 7.39. The Hall–Kier alpha value is -3.00. The summed E-state index contributed by atoms with van der Waals surface area (Å²) in [5, 5.41) is 9.46. The number of halogens is 1. The van der Waals surface area contributed by atoms with Gasteiger partial charge in [0.2, 0.25) is 0 Å². The standard InChI is InChI=1S/C28H37FN2O5/c1-4-23-25(17-28(32)33)31(18-27(23)34-3)19-6-8-20(9-7-19)36-21-12-14-30(15-13-21)26-16-22(35-5-2)10-11-24(26)29/h6-11,16,21,23,25,27H,4-5,12-15,17-18H2,1-3H3,(H,32,33)/t23-,25-,27-/m0/s1. The van der Waals surface area contributed by atoms with Gasteiger partial charge in [-0.05, 0) is 49.7 Å². The van der Waals surface area contributed by atoms with Crippen LogP contribution in [0.5, 0.6) is 11.5 Å². The van der Waals surface area contributed by atoms with Gasteiger partial charge in [-0.25, -0.2) is 4.39 Å². The van der Waals surface area contributed by atoms with E-state index in [1.807, 2.05) is 36.1 Å². The lowest BCUT2D eigenvalue weighted by Gasteiger charge is -2.34. The number of carboxylic acids is 1. The second-order valence-corrected chi connectivity index (χ2v) is 9.51. The minimum atomic E-state index is -0.795. The highest BCUT2D eigenvalue weighted by atomic mass is 19.1. The molecule has 2 aromatic carbocycles. The lowest BCUT2D eigenvalue weighted by molar-refractivity contribution is -0.137. The number of hydrogen-bond donors (Lipinski definition) is 1. The molecule has 1 N–H and O–H groups in total. The van der Waals surface area contributed by atoms with E-state index in [2.05, 4.69) is 11.8 Å². The van der Waals surface area contributed by atoms with Crippen LogP contribution in [0.4, 0.5) is 15.8 Å². The van der Waals surface area contributed by atoms with Crippen molar-refractivity contribution in [2.24, 2.45) is 5.92 Å². The number of piperidine rings is 1. The summed E-state index contributed by atoms with van der Waals surface area (Å²) < 4.78 is 31.9. The third kappa shape index (κ3) is 5.86. The molecule has 2 aliphatic heterocycles. The smallest absolute Gasteiger partial charge is 0.305 e. The predicted octanol–water partition coefficient (Wildman–Crippen LogP) is 4.98. The van der Waals surface area contributed by atoms with Crippen molar-refractivity contribution >= 4 is 17.3 Å². The summed E-state index contributed by atoms with van der Waals surface area (Å²) in [4.78, 5) is 15.7. The lowest BCUT2D eigenvalue weighted by atomic mass is 9.93. The van der Waals surface area contributed by atoms with Gasteiger partial charge in [0, 0.05) is 63.3 Å². The van der Waals surface area contributed by atoms with Crippen molar-refractivity contribution in [2.75, 3.05) is 43.2 Å². The molecule has 196 valence electrons. The zero-order chi connectivity index (χ0) is 25.7. The highest BCUT2D eigenvalue weighted by Gasteiger charge is 2.42. The largest absolute Gasteiger partial charge is 0.494 e. The zero-order valence-electron chi connectivity index (χ0n) is 21.4. The van der Waals surface area contributed by atoms with Crippen molar-refractivity contribution in [1.29, 1.82) is 0 Å². The van der Waals surface area contributed by atoms with Gasteiger partial charge in [-0.2, -0.15) is 0 Å². The maximum Gasteiger partial charge on any atom is 0.305 e. The summed E-state index contributed by atoms with van der Waals surface area (Å²) >= 11 is 0. The summed E-state index contributed by atoms with van der Waals surface area (Å²) in [6.45, 7) is 6.63. The molecular weight excluding hydrogens is 463 g/mol. The lowest BCUT2D eigenvalue weighted by Crippen LogP contribution is -2.38. The van der Waals surface area contributed by atoms with Crippen LogP contribution in [-0.2, 0) is 9.53 Å². The van der Waals surface area contributed by atoms with Gasteiger partial charge in [0.1, 0.15) is 23.4 Å². The van der Waals surface area contributed by atoms with Gasteiger partial charge >= 0.3 is 5.97 Å². The van der Waals surface area contributed by atoms with Gasteiger partial charge in [0.25, 0.3) is 0 Å². The van der Waals surface area contributed by atoms with E-state index in [0.717, 1.165) is 30.7 Å². The predicted molar refractivity (Wildman–Crippen MR) is 138 cm³/mol. The molecule has 0 saturated carbocycles. The Labute approximate surface area is 212 Å². The highest BCUT2D eigenvalue weighted by molar-refractivity contribution is 5.69. The number of nitrogens with zero attached hydrogens (tertiary/aromatic N) is 2. The molecule has 0 bridgehead atoms. The molecule has 2 saturated heterocycles. The van der Waals surface area contributed by atoms with E-state index in [4.69, 9.17) is 14.2 Å². The van der Waals surface area contributed by atoms with Crippen LogP contribution in [0.1, 0.15) is 39.5 Å². The molecule has 2 heterocycles. The Morgan fingerprint density at radius 3 is 2.39 bits per heavy atom. The average Bonchev–Trinajstić information content (AvgIpc) is 3.23. The highest BCUT2D eigenvalue weighted by Crippen LogP contribution is 2.36. The molecule has 0 aromatic heterocycles. The van der Waals surface area contributed by atoms with Crippen LogP contribution >= 0.6 is 0 Å². The Bertz CT molecular complexity index is 1010. The van der Waals surface area contributed by atoms with E-state index >= 15 is 0 Å². The molecule has 2 fully saturated rings. The summed E-state index contributed by atoms with van der Waals surface area (Å²) in [5.41, 5.74) is 1.55. The molecule has 4 rings (SSSR count). The van der Waals surface area contributed by atoms with Crippen molar-refractivity contribution < 1.29 is 28.5 Å². The number of hydrogen-bond acceptors (Lipinski definition) is 6.